The molecule has 0 saturated heterocycles. The number of aryl methyl sites for hydroxylation is 1. The molecule has 1 aromatic heterocycles. The lowest BCUT2D eigenvalue weighted by molar-refractivity contribution is -0.143. The Labute approximate surface area is 254 Å². The molecule has 1 aliphatic rings. The molecule has 1 amide bonds. The topological polar surface area (TPSA) is 130 Å². The van der Waals surface area contributed by atoms with Crippen molar-refractivity contribution in [1.29, 1.82) is 0 Å². The number of aromatic nitrogens is 2. The van der Waals surface area contributed by atoms with Crippen LogP contribution in [-0.4, -0.2) is 37.9 Å². The van der Waals surface area contributed by atoms with Crippen LogP contribution in [0.15, 0.2) is 42.6 Å². The predicted octanol–water partition coefficient (Wildman–Crippen LogP) is 7.23. The SMILES string of the molecule is CC[C@]1(N)C[C@H](c2ncc(CCC(=O)O)c(Cc3cc(C(F)(F)F)cc(C(F)(F)F)c3)n2)c2cc(C(F)(F)F)ccc2N1C(=O)O. The molecule has 0 unspecified atom stereocenters. The summed E-state index contributed by atoms with van der Waals surface area (Å²) >= 11 is 0. The van der Waals surface area contributed by atoms with Gasteiger partial charge in [-0.3, -0.25) is 9.69 Å². The number of hydrogen-bond acceptors (Lipinski definition) is 5. The van der Waals surface area contributed by atoms with E-state index in [1.807, 2.05) is 0 Å². The summed E-state index contributed by atoms with van der Waals surface area (Å²) in [7, 11) is 0. The van der Waals surface area contributed by atoms with E-state index in [1.165, 1.54) is 6.92 Å². The number of hydrogen-bond donors (Lipinski definition) is 3. The van der Waals surface area contributed by atoms with Gasteiger partial charge in [-0.15, -0.1) is 0 Å². The van der Waals surface area contributed by atoms with Crippen molar-refractivity contribution >= 4 is 17.7 Å². The van der Waals surface area contributed by atoms with Crippen molar-refractivity contribution in [3.05, 3.63) is 87.5 Å². The van der Waals surface area contributed by atoms with Crippen LogP contribution in [0.25, 0.3) is 0 Å². The number of alkyl halides is 9. The number of carbonyl (C=O) groups is 2. The molecule has 4 rings (SSSR count). The summed E-state index contributed by atoms with van der Waals surface area (Å²) in [6.45, 7) is 1.54. The zero-order valence-corrected chi connectivity index (χ0v) is 23.7. The van der Waals surface area contributed by atoms with E-state index in [0.717, 1.165) is 17.2 Å². The van der Waals surface area contributed by atoms with Crippen molar-refractivity contribution in [1.82, 2.24) is 9.97 Å². The van der Waals surface area contributed by atoms with Crippen molar-refractivity contribution in [3.63, 3.8) is 0 Å². The molecule has 17 heteroatoms. The summed E-state index contributed by atoms with van der Waals surface area (Å²) in [5.41, 5.74) is -0.545. The van der Waals surface area contributed by atoms with E-state index in [9.17, 15) is 59.3 Å². The maximum Gasteiger partial charge on any atom is 0.416 e. The lowest BCUT2D eigenvalue weighted by atomic mass is 9.80. The Kier molecular flexibility index (Phi) is 9.05. The van der Waals surface area contributed by atoms with Gasteiger partial charge in [0, 0.05) is 25.0 Å². The third-order valence-corrected chi connectivity index (χ3v) is 7.69. The van der Waals surface area contributed by atoms with Gasteiger partial charge in [-0.2, -0.15) is 39.5 Å². The molecular formula is C29H25F9N4O4. The first-order chi connectivity index (χ1) is 21.1. The molecule has 0 aliphatic carbocycles. The molecule has 2 heterocycles. The van der Waals surface area contributed by atoms with E-state index < -0.39 is 77.3 Å². The highest BCUT2D eigenvalue weighted by molar-refractivity contribution is 5.90. The monoisotopic (exact) mass is 664 g/mol. The summed E-state index contributed by atoms with van der Waals surface area (Å²) in [6, 6.07) is 3.21. The van der Waals surface area contributed by atoms with Crippen LogP contribution in [0, 0.1) is 0 Å². The second kappa shape index (κ2) is 12.1. The van der Waals surface area contributed by atoms with Crippen LogP contribution in [0.2, 0.25) is 0 Å². The van der Waals surface area contributed by atoms with E-state index in [-0.39, 0.29) is 53.7 Å². The first-order valence-corrected chi connectivity index (χ1v) is 13.5. The number of amides is 1. The number of halogens is 9. The summed E-state index contributed by atoms with van der Waals surface area (Å²) < 4.78 is 122. The zero-order chi connectivity index (χ0) is 34.4. The number of fused-ring (bicyclic) bond motifs is 1. The number of aliphatic carboxylic acids is 1. The number of benzene rings is 2. The molecule has 4 N–H and O–H groups in total. The smallest absolute Gasteiger partial charge is 0.416 e. The number of rotatable bonds is 7. The van der Waals surface area contributed by atoms with Crippen molar-refractivity contribution in [3.8, 4) is 0 Å². The molecule has 248 valence electrons. The highest BCUT2D eigenvalue weighted by Gasteiger charge is 2.47. The zero-order valence-electron chi connectivity index (χ0n) is 23.7. The van der Waals surface area contributed by atoms with Gasteiger partial charge in [0.1, 0.15) is 11.5 Å². The minimum absolute atomic E-state index is 0.0235. The van der Waals surface area contributed by atoms with Crippen LogP contribution in [0.4, 0.5) is 50.0 Å². The van der Waals surface area contributed by atoms with Crippen molar-refractivity contribution in [2.45, 2.75) is 69.1 Å². The number of carboxylic acid groups (broad SMARTS) is 2. The van der Waals surface area contributed by atoms with Gasteiger partial charge < -0.3 is 15.9 Å². The highest BCUT2D eigenvalue weighted by Crippen LogP contribution is 2.47. The van der Waals surface area contributed by atoms with Crippen molar-refractivity contribution in [2.24, 2.45) is 5.73 Å². The Hall–Kier alpha value is -4.41. The summed E-state index contributed by atoms with van der Waals surface area (Å²) in [5.74, 6) is -2.73. The van der Waals surface area contributed by atoms with Gasteiger partial charge in [0.2, 0.25) is 0 Å². The fraction of sp³-hybridized carbons (Fsp3) is 0.379. The fourth-order valence-electron chi connectivity index (χ4n) is 5.38. The van der Waals surface area contributed by atoms with E-state index in [0.29, 0.717) is 24.3 Å². The minimum Gasteiger partial charge on any atom is -0.481 e. The standard InChI is InChI=1S/C29H25F9N4O4/c1-2-26(39)12-20(19-11-16(27(30,31)32)4-5-22(19)42(26)25(45)46)24-40-13-15(3-6-23(43)44)21(41-24)9-14-7-17(28(33,34)35)10-18(8-14)29(36,37)38/h4-5,7-8,10-11,13,20H,2-3,6,9,12,39H2,1H3,(H,43,44)(H,45,46)/t20-,26+/m0/s1. The first-order valence-electron chi connectivity index (χ1n) is 13.5. The normalized spacial score (nSPS) is 18.8. The van der Waals surface area contributed by atoms with Gasteiger partial charge in [-0.25, -0.2) is 14.8 Å². The summed E-state index contributed by atoms with van der Waals surface area (Å²) in [6.07, 6.45) is -17.4. The highest BCUT2D eigenvalue weighted by atomic mass is 19.4. The molecule has 2 atom stereocenters. The number of carboxylic acids is 1. The van der Waals surface area contributed by atoms with Gasteiger partial charge in [-0.05, 0) is 72.4 Å². The Morgan fingerprint density at radius 1 is 0.935 bits per heavy atom. The largest absolute Gasteiger partial charge is 0.481 e. The molecule has 0 radical (unpaired) electrons. The fourth-order valence-corrected chi connectivity index (χ4v) is 5.38. The summed E-state index contributed by atoms with van der Waals surface area (Å²) in [5, 5.41) is 19.1. The average molecular weight is 665 g/mol. The Morgan fingerprint density at radius 2 is 1.52 bits per heavy atom. The molecule has 0 bridgehead atoms. The van der Waals surface area contributed by atoms with E-state index >= 15 is 0 Å². The number of nitrogens with zero attached hydrogens (tertiary/aromatic N) is 3. The van der Waals surface area contributed by atoms with Crippen LogP contribution in [0.3, 0.4) is 0 Å². The maximum absolute atomic E-state index is 13.7. The Morgan fingerprint density at radius 3 is 2.02 bits per heavy atom. The average Bonchev–Trinajstić information content (AvgIpc) is 2.94. The minimum atomic E-state index is -5.15. The van der Waals surface area contributed by atoms with Crippen LogP contribution in [-0.2, 0) is 36.2 Å². The van der Waals surface area contributed by atoms with Crippen LogP contribution >= 0.6 is 0 Å². The van der Waals surface area contributed by atoms with Gasteiger partial charge in [0.15, 0.2) is 0 Å². The third-order valence-electron chi connectivity index (χ3n) is 7.69. The van der Waals surface area contributed by atoms with Crippen LogP contribution in [0.1, 0.15) is 77.0 Å². The Bertz CT molecular complexity index is 1620. The second-order valence-corrected chi connectivity index (χ2v) is 10.8. The Balaban J connectivity index is 1.92. The molecule has 2 aromatic carbocycles. The lowest BCUT2D eigenvalue weighted by Gasteiger charge is -2.46. The maximum atomic E-state index is 13.7. The molecule has 1 aliphatic heterocycles. The molecule has 0 fully saturated rings. The molecule has 0 spiro atoms. The van der Waals surface area contributed by atoms with E-state index in [4.69, 9.17) is 5.73 Å². The molecule has 0 saturated carbocycles. The second-order valence-electron chi connectivity index (χ2n) is 10.8. The predicted molar refractivity (Wildman–Crippen MR) is 143 cm³/mol. The van der Waals surface area contributed by atoms with Gasteiger partial charge in [-0.1, -0.05) is 6.92 Å². The van der Waals surface area contributed by atoms with Crippen molar-refractivity contribution < 1.29 is 59.3 Å². The first kappa shape index (κ1) is 34.5. The third kappa shape index (κ3) is 7.18. The van der Waals surface area contributed by atoms with Crippen LogP contribution < -0.4 is 10.6 Å². The van der Waals surface area contributed by atoms with Crippen molar-refractivity contribution in [2.75, 3.05) is 4.90 Å². The molecule has 8 nitrogen and oxygen atoms in total. The van der Waals surface area contributed by atoms with E-state index in [1.54, 1.807) is 0 Å². The number of anilines is 1. The van der Waals surface area contributed by atoms with E-state index in [2.05, 4.69) is 9.97 Å². The number of nitrogens with two attached hydrogens (primary N) is 1. The molecule has 46 heavy (non-hydrogen) atoms. The lowest BCUT2D eigenvalue weighted by Crippen LogP contribution is -2.61. The summed E-state index contributed by atoms with van der Waals surface area (Å²) in [4.78, 5) is 32.7. The molecule has 3 aromatic rings. The van der Waals surface area contributed by atoms with Gasteiger partial charge in [0.05, 0.1) is 28.1 Å². The van der Waals surface area contributed by atoms with Crippen LogP contribution in [0.5, 0.6) is 0 Å². The van der Waals surface area contributed by atoms with Gasteiger partial charge >= 0.3 is 30.6 Å². The molecular weight excluding hydrogens is 639 g/mol. The van der Waals surface area contributed by atoms with Gasteiger partial charge in [0.25, 0.3) is 0 Å². The quantitative estimate of drug-likeness (QED) is 0.227.